The minimum absolute atomic E-state index is 0.0321. The third kappa shape index (κ3) is 3.82. The highest BCUT2D eigenvalue weighted by Crippen LogP contribution is 2.28. The van der Waals surface area contributed by atoms with Crippen LogP contribution in [-0.4, -0.2) is 31.1 Å². The van der Waals surface area contributed by atoms with Crippen LogP contribution in [0, 0.1) is 0 Å². The van der Waals surface area contributed by atoms with Gasteiger partial charge in [-0.2, -0.15) is 8.78 Å². The number of hydrogen-bond donors (Lipinski definition) is 0. The lowest BCUT2D eigenvalue weighted by Gasteiger charge is -2.21. The average molecular weight is 361 g/mol. The van der Waals surface area contributed by atoms with Crippen molar-refractivity contribution in [3.63, 3.8) is 0 Å². The van der Waals surface area contributed by atoms with Gasteiger partial charge >= 0.3 is 12.6 Å². The fourth-order valence-electron chi connectivity index (χ4n) is 2.86. The van der Waals surface area contributed by atoms with Crippen LogP contribution in [0.15, 0.2) is 48.5 Å². The molecule has 2 aromatic carbocycles. The minimum Gasteiger partial charge on any atom is -0.449 e. The Morgan fingerprint density at radius 1 is 1.12 bits per heavy atom. The molecule has 0 saturated heterocycles. The number of para-hydroxylation sites is 1. The largest absolute Gasteiger partial charge is 0.449 e. The lowest BCUT2D eigenvalue weighted by Crippen LogP contribution is -2.39. The predicted octanol–water partition coefficient (Wildman–Crippen LogP) is 3.42. The topological polar surface area (TPSA) is 55.8 Å². The molecule has 136 valence electrons. The number of nitrogens with zero attached hydrogens (tertiary/aromatic N) is 1. The summed E-state index contributed by atoms with van der Waals surface area (Å²) in [5, 5.41) is 0. The summed E-state index contributed by atoms with van der Waals surface area (Å²) in [7, 11) is 0. The molecule has 1 atom stereocenters. The van der Waals surface area contributed by atoms with Gasteiger partial charge in [-0.25, -0.2) is 4.79 Å². The van der Waals surface area contributed by atoms with Crippen LogP contribution in [0.5, 0.6) is 5.75 Å². The maximum Gasteiger partial charge on any atom is 0.387 e. The molecule has 0 saturated carbocycles. The van der Waals surface area contributed by atoms with Crippen molar-refractivity contribution in [2.24, 2.45) is 0 Å². The molecule has 0 radical (unpaired) electrons. The molecule has 3 rings (SSSR count). The van der Waals surface area contributed by atoms with Crippen LogP contribution in [0.1, 0.15) is 22.8 Å². The normalized spacial score (nSPS) is 14.1. The molecular weight excluding hydrogens is 344 g/mol. The first-order chi connectivity index (χ1) is 12.5. The van der Waals surface area contributed by atoms with Crippen molar-refractivity contribution < 1.29 is 27.8 Å². The van der Waals surface area contributed by atoms with Gasteiger partial charge in [0.1, 0.15) is 5.75 Å². The van der Waals surface area contributed by atoms with Gasteiger partial charge in [0.05, 0.1) is 5.56 Å². The highest BCUT2D eigenvalue weighted by Gasteiger charge is 2.30. The van der Waals surface area contributed by atoms with Gasteiger partial charge in [-0.3, -0.25) is 4.79 Å². The maximum atomic E-state index is 12.6. The number of carbonyl (C=O) groups excluding carboxylic acids is 2. The number of alkyl halides is 2. The number of fused-ring (bicyclic) bond motifs is 1. The average Bonchev–Trinajstić information content (AvgIpc) is 3.04. The molecule has 0 N–H and O–H groups in total. The summed E-state index contributed by atoms with van der Waals surface area (Å²) in [6.45, 7) is -0.977. The fourth-order valence-corrected chi connectivity index (χ4v) is 2.86. The molecule has 26 heavy (non-hydrogen) atoms. The number of carbonyl (C=O) groups is 2. The fraction of sp³-hybridized carbons (Fsp3) is 0.263. The van der Waals surface area contributed by atoms with Crippen LogP contribution in [-0.2, 0) is 16.0 Å². The SMILES string of the molecule is CC(OC(=O)c1cccc(OC(F)F)c1)C(=O)N1CCc2ccccc21. The Hall–Kier alpha value is -2.96. The van der Waals surface area contributed by atoms with Gasteiger partial charge in [-0.15, -0.1) is 0 Å². The second-order valence-corrected chi connectivity index (χ2v) is 5.82. The first-order valence-electron chi connectivity index (χ1n) is 8.11. The summed E-state index contributed by atoms with van der Waals surface area (Å²) in [4.78, 5) is 26.4. The van der Waals surface area contributed by atoms with Crippen molar-refractivity contribution in [3.05, 3.63) is 59.7 Å². The van der Waals surface area contributed by atoms with Gasteiger partial charge in [0.15, 0.2) is 6.10 Å². The van der Waals surface area contributed by atoms with E-state index in [1.165, 1.54) is 25.1 Å². The number of anilines is 1. The lowest BCUT2D eigenvalue weighted by molar-refractivity contribution is -0.126. The van der Waals surface area contributed by atoms with E-state index in [1.807, 2.05) is 24.3 Å². The summed E-state index contributed by atoms with van der Waals surface area (Å²) in [5.74, 6) is -1.26. The van der Waals surface area contributed by atoms with Crippen LogP contribution in [0.4, 0.5) is 14.5 Å². The van der Waals surface area contributed by atoms with Crippen LogP contribution in [0.2, 0.25) is 0 Å². The van der Waals surface area contributed by atoms with Crippen molar-refractivity contribution in [2.45, 2.75) is 26.1 Å². The third-order valence-corrected chi connectivity index (χ3v) is 4.08. The Labute approximate surface area is 149 Å². The zero-order valence-corrected chi connectivity index (χ0v) is 14.0. The second-order valence-electron chi connectivity index (χ2n) is 5.82. The van der Waals surface area contributed by atoms with E-state index >= 15 is 0 Å². The van der Waals surface area contributed by atoms with E-state index in [1.54, 1.807) is 4.90 Å². The maximum absolute atomic E-state index is 12.6. The molecular formula is C19H17F2NO4. The van der Waals surface area contributed by atoms with Crippen LogP contribution in [0.25, 0.3) is 0 Å². The number of esters is 1. The zero-order chi connectivity index (χ0) is 18.7. The smallest absolute Gasteiger partial charge is 0.387 e. The number of benzene rings is 2. The molecule has 0 spiro atoms. The van der Waals surface area contributed by atoms with Gasteiger partial charge in [0.2, 0.25) is 0 Å². The molecule has 0 bridgehead atoms. The zero-order valence-electron chi connectivity index (χ0n) is 14.0. The monoisotopic (exact) mass is 361 g/mol. The molecule has 0 aromatic heterocycles. The second kappa shape index (κ2) is 7.51. The van der Waals surface area contributed by atoms with E-state index in [9.17, 15) is 18.4 Å². The summed E-state index contributed by atoms with van der Waals surface area (Å²) in [6.07, 6.45) is -0.261. The quantitative estimate of drug-likeness (QED) is 0.766. The number of halogens is 2. The molecule has 1 aliphatic rings. The van der Waals surface area contributed by atoms with Gasteiger partial charge in [0.25, 0.3) is 5.91 Å². The summed E-state index contributed by atoms with van der Waals surface area (Å²) < 4.78 is 34.0. The van der Waals surface area contributed by atoms with Crippen molar-refractivity contribution in [2.75, 3.05) is 11.4 Å². The van der Waals surface area contributed by atoms with E-state index in [4.69, 9.17) is 4.74 Å². The highest BCUT2D eigenvalue weighted by molar-refractivity contribution is 6.00. The van der Waals surface area contributed by atoms with E-state index in [0.717, 1.165) is 23.7 Å². The number of amides is 1. The van der Waals surface area contributed by atoms with Gasteiger partial charge < -0.3 is 14.4 Å². The molecule has 7 heteroatoms. The Bertz CT molecular complexity index is 825. The minimum atomic E-state index is -2.99. The van der Waals surface area contributed by atoms with Gasteiger partial charge in [0, 0.05) is 12.2 Å². The first kappa shape index (κ1) is 17.8. The predicted molar refractivity (Wildman–Crippen MR) is 90.5 cm³/mol. The third-order valence-electron chi connectivity index (χ3n) is 4.08. The molecule has 5 nitrogen and oxygen atoms in total. The number of ether oxygens (including phenoxy) is 2. The molecule has 1 amide bonds. The van der Waals surface area contributed by atoms with Crippen molar-refractivity contribution >= 4 is 17.6 Å². The molecule has 1 heterocycles. The van der Waals surface area contributed by atoms with Gasteiger partial charge in [-0.05, 0) is 43.2 Å². The lowest BCUT2D eigenvalue weighted by atomic mass is 10.2. The van der Waals surface area contributed by atoms with E-state index in [-0.39, 0.29) is 17.2 Å². The molecule has 0 fully saturated rings. The van der Waals surface area contributed by atoms with Crippen molar-refractivity contribution in [1.29, 1.82) is 0 Å². The number of rotatable bonds is 5. The Morgan fingerprint density at radius 2 is 1.88 bits per heavy atom. The number of hydrogen-bond acceptors (Lipinski definition) is 4. The Balaban J connectivity index is 1.67. The first-order valence-corrected chi connectivity index (χ1v) is 8.11. The van der Waals surface area contributed by atoms with E-state index in [0.29, 0.717) is 6.54 Å². The van der Waals surface area contributed by atoms with Crippen LogP contribution >= 0.6 is 0 Å². The molecule has 2 aromatic rings. The van der Waals surface area contributed by atoms with Crippen molar-refractivity contribution in [3.8, 4) is 5.75 Å². The molecule has 0 aliphatic carbocycles. The summed E-state index contributed by atoms with van der Waals surface area (Å²) in [6, 6.07) is 12.8. The summed E-state index contributed by atoms with van der Waals surface area (Å²) in [5.41, 5.74) is 1.91. The Kier molecular flexibility index (Phi) is 5.16. The van der Waals surface area contributed by atoms with E-state index in [2.05, 4.69) is 4.74 Å². The van der Waals surface area contributed by atoms with Crippen molar-refractivity contribution in [1.82, 2.24) is 0 Å². The highest BCUT2D eigenvalue weighted by atomic mass is 19.3. The summed E-state index contributed by atoms with van der Waals surface area (Å²) >= 11 is 0. The standard InChI is InChI=1S/C19H17F2NO4/c1-12(17(23)22-10-9-13-5-2-3-8-16(13)22)25-18(24)14-6-4-7-15(11-14)26-19(20)21/h2-8,11-12,19H,9-10H2,1H3. The molecule has 1 aliphatic heterocycles. The van der Waals surface area contributed by atoms with E-state index < -0.39 is 18.7 Å². The van der Waals surface area contributed by atoms with Crippen LogP contribution < -0.4 is 9.64 Å². The Morgan fingerprint density at radius 3 is 2.65 bits per heavy atom. The molecule has 1 unspecified atom stereocenters. The van der Waals surface area contributed by atoms with Gasteiger partial charge in [-0.1, -0.05) is 24.3 Å². The van der Waals surface area contributed by atoms with Crippen LogP contribution in [0.3, 0.4) is 0 Å².